The van der Waals surface area contributed by atoms with Gasteiger partial charge in [0.1, 0.15) is 0 Å². The van der Waals surface area contributed by atoms with Crippen molar-refractivity contribution in [3.8, 4) is 0 Å². The minimum absolute atomic E-state index is 0.194. The van der Waals surface area contributed by atoms with E-state index in [0.717, 1.165) is 18.1 Å². The predicted octanol–water partition coefficient (Wildman–Crippen LogP) is 1.88. The lowest BCUT2D eigenvalue weighted by atomic mass is 10.3. The molecule has 0 bridgehead atoms. The van der Waals surface area contributed by atoms with Crippen LogP contribution in [0.3, 0.4) is 0 Å². The Bertz CT molecular complexity index is 366. The highest BCUT2D eigenvalue weighted by Gasteiger charge is 2.20. The fourth-order valence-electron chi connectivity index (χ4n) is 1.60. The summed E-state index contributed by atoms with van der Waals surface area (Å²) in [5.41, 5.74) is 0. The molecule has 6 heteroatoms. The molecule has 1 saturated heterocycles. The Balaban J connectivity index is 2.11. The van der Waals surface area contributed by atoms with Crippen LogP contribution in [0.4, 0.5) is 10.0 Å². The van der Waals surface area contributed by atoms with Gasteiger partial charge >= 0.3 is 5.00 Å². The van der Waals surface area contributed by atoms with Crippen LogP contribution in [0.5, 0.6) is 0 Å². The number of anilines is 1. The lowest BCUT2D eigenvalue weighted by Gasteiger charge is -2.31. The maximum Gasteiger partial charge on any atom is 0.326 e. The molecular weight excluding hydrogens is 216 g/mol. The van der Waals surface area contributed by atoms with E-state index in [0.29, 0.717) is 6.61 Å². The van der Waals surface area contributed by atoms with E-state index in [2.05, 4.69) is 4.90 Å². The molecule has 1 aromatic heterocycles. The molecule has 1 aromatic rings. The molecule has 0 amide bonds. The molecule has 82 valence electrons. The average molecular weight is 228 g/mol. The number of ether oxygens (including phenoxy) is 1. The van der Waals surface area contributed by atoms with Crippen LogP contribution in [-0.4, -0.2) is 30.7 Å². The van der Waals surface area contributed by atoms with E-state index in [4.69, 9.17) is 4.74 Å². The Morgan fingerprint density at radius 2 is 2.47 bits per heavy atom. The van der Waals surface area contributed by atoms with Crippen molar-refractivity contribution in [3.63, 3.8) is 0 Å². The number of hydrogen-bond donors (Lipinski definition) is 0. The SMILES string of the molecule is CC1CN(c2ccc([N+](=O)[O-])s2)CCO1. The summed E-state index contributed by atoms with van der Waals surface area (Å²) in [6.45, 7) is 4.31. The van der Waals surface area contributed by atoms with Crippen LogP contribution >= 0.6 is 11.3 Å². The molecule has 0 radical (unpaired) electrons. The minimum Gasteiger partial charge on any atom is -0.375 e. The number of morpholine rings is 1. The number of thiophene rings is 1. The molecule has 0 aliphatic carbocycles. The van der Waals surface area contributed by atoms with Gasteiger partial charge in [-0.3, -0.25) is 10.1 Å². The van der Waals surface area contributed by atoms with E-state index in [-0.39, 0.29) is 16.0 Å². The Morgan fingerprint density at radius 3 is 3.07 bits per heavy atom. The third-order valence-electron chi connectivity index (χ3n) is 2.31. The molecule has 0 spiro atoms. The van der Waals surface area contributed by atoms with Crippen LogP contribution in [0, 0.1) is 10.1 Å². The Kier molecular flexibility index (Phi) is 2.88. The lowest BCUT2D eigenvalue weighted by molar-refractivity contribution is -0.380. The summed E-state index contributed by atoms with van der Waals surface area (Å²) in [4.78, 5) is 12.3. The van der Waals surface area contributed by atoms with Crippen LogP contribution in [0.1, 0.15) is 6.92 Å². The van der Waals surface area contributed by atoms with Crippen molar-refractivity contribution >= 4 is 21.3 Å². The van der Waals surface area contributed by atoms with E-state index in [9.17, 15) is 10.1 Å². The summed E-state index contributed by atoms with van der Waals surface area (Å²) >= 11 is 1.22. The van der Waals surface area contributed by atoms with Crippen LogP contribution in [0.15, 0.2) is 12.1 Å². The van der Waals surface area contributed by atoms with Crippen molar-refractivity contribution in [2.75, 3.05) is 24.6 Å². The van der Waals surface area contributed by atoms with E-state index in [1.807, 2.05) is 6.92 Å². The number of nitrogens with zero attached hydrogens (tertiary/aromatic N) is 2. The van der Waals surface area contributed by atoms with Crippen molar-refractivity contribution < 1.29 is 9.66 Å². The maximum absolute atomic E-state index is 10.5. The summed E-state index contributed by atoms with van der Waals surface area (Å²) in [5.74, 6) is 0. The van der Waals surface area contributed by atoms with Gasteiger partial charge < -0.3 is 9.64 Å². The third kappa shape index (κ3) is 2.27. The zero-order valence-electron chi connectivity index (χ0n) is 8.38. The first kappa shape index (κ1) is 10.4. The van der Waals surface area contributed by atoms with Gasteiger partial charge in [0.05, 0.1) is 22.6 Å². The molecule has 2 rings (SSSR count). The van der Waals surface area contributed by atoms with Gasteiger partial charge in [-0.05, 0) is 24.3 Å². The number of nitro groups is 1. The van der Waals surface area contributed by atoms with Gasteiger partial charge in [-0.25, -0.2) is 0 Å². The van der Waals surface area contributed by atoms with Gasteiger partial charge in [-0.2, -0.15) is 0 Å². The molecule has 0 N–H and O–H groups in total. The molecule has 2 heterocycles. The van der Waals surface area contributed by atoms with Crippen LogP contribution in [0.2, 0.25) is 0 Å². The second-order valence-corrected chi connectivity index (χ2v) is 4.54. The fraction of sp³-hybridized carbons (Fsp3) is 0.556. The highest BCUT2D eigenvalue weighted by Crippen LogP contribution is 2.32. The molecule has 1 atom stereocenters. The van der Waals surface area contributed by atoms with Gasteiger partial charge in [-0.15, -0.1) is 0 Å². The second kappa shape index (κ2) is 4.16. The van der Waals surface area contributed by atoms with Crippen molar-refractivity contribution in [3.05, 3.63) is 22.2 Å². The van der Waals surface area contributed by atoms with Gasteiger partial charge in [0.15, 0.2) is 0 Å². The molecule has 1 fully saturated rings. The minimum atomic E-state index is -0.349. The topological polar surface area (TPSA) is 55.6 Å². The fourth-order valence-corrected chi connectivity index (χ4v) is 2.46. The monoisotopic (exact) mass is 228 g/mol. The molecule has 0 aromatic carbocycles. The third-order valence-corrected chi connectivity index (χ3v) is 3.41. The molecule has 1 unspecified atom stereocenters. The molecular formula is C9H12N2O3S. The molecule has 1 aliphatic rings. The van der Waals surface area contributed by atoms with Crippen molar-refractivity contribution in [1.82, 2.24) is 0 Å². The zero-order chi connectivity index (χ0) is 10.8. The Labute approximate surface area is 91.4 Å². The highest BCUT2D eigenvalue weighted by atomic mass is 32.1. The highest BCUT2D eigenvalue weighted by molar-refractivity contribution is 7.19. The standard InChI is InChI=1S/C9H12N2O3S/c1-7-6-10(4-5-14-7)8-2-3-9(15-8)11(12)13/h2-3,7H,4-6H2,1H3. The summed E-state index contributed by atoms with van der Waals surface area (Å²) in [5, 5.41) is 11.7. The molecule has 0 saturated carbocycles. The quantitative estimate of drug-likeness (QED) is 0.573. The molecule has 5 nitrogen and oxygen atoms in total. The van der Waals surface area contributed by atoms with Gasteiger partial charge in [0.2, 0.25) is 0 Å². The Hall–Kier alpha value is -1.14. The lowest BCUT2D eigenvalue weighted by Crippen LogP contribution is -2.40. The van der Waals surface area contributed by atoms with Crippen LogP contribution in [-0.2, 0) is 4.74 Å². The molecule has 1 aliphatic heterocycles. The van der Waals surface area contributed by atoms with Crippen molar-refractivity contribution in [2.45, 2.75) is 13.0 Å². The normalized spacial score (nSPS) is 21.7. The van der Waals surface area contributed by atoms with Crippen LogP contribution < -0.4 is 4.90 Å². The largest absolute Gasteiger partial charge is 0.375 e. The first-order chi connectivity index (χ1) is 7.16. The maximum atomic E-state index is 10.5. The van der Waals surface area contributed by atoms with Crippen molar-refractivity contribution in [1.29, 1.82) is 0 Å². The summed E-state index contributed by atoms with van der Waals surface area (Å²) in [6.07, 6.45) is 0.194. The summed E-state index contributed by atoms with van der Waals surface area (Å²) in [6, 6.07) is 3.36. The smallest absolute Gasteiger partial charge is 0.326 e. The van der Waals surface area contributed by atoms with E-state index < -0.39 is 0 Å². The van der Waals surface area contributed by atoms with E-state index in [1.54, 1.807) is 12.1 Å². The predicted molar refractivity (Wildman–Crippen MR) is 58.6 cm³/mol. The molecule has 15 heavy (non-hydrogen) atoms. The van der Waals surface area contributed by atoms with Gasteiger partial charge in [0, 0.05) is 19.2 Å². The Morgan fingerprint density at radius 1 is 1.67 bits per heavy atom. The van der Waals surface area contributed by atoms with E-state index >= 15 is 0 Å². The summed E-state index contributed by atoms with van der Waals surface area (Å²) in [7, 11) is 0. The van der Waals surface area contributed by atoms with Crippen molar-refractivity contribution in [2.24, 2.45) is 0 Å². The first-order valence-corrected chi connectivity index (χ1v) is 5.59. The average Bonchev–Trinajstić information content (AvgIpc) is 2.66. The van der Waals surface area contributed by atoms with Gasteiger partial charge in [-0.1, -0.05) is 0 Å². The first-order valence-electron chi connectivity index (χ1n) is 4.77. The zero-order valence-corrected chi connectivity index (χ0v) is 9.20. The summed E-state index contributed by atoms with van der Waals surface area (Å²) < 4.78 is 5.41. The van der Waals surface area contributed by atoms with Gasteiger partial charge in [0.25, 0.3) is 0 Å². The van der Waals surface area contributed by atoms with E-state index in [1.165, 1.54) is 11.3 Å². The second-order valence-electron chi connectivity index (χ2n) is 3.50. The number of rotatable bonds is 2. The van der Waals surface area contributed by atoms with Crippen LogP contribution in [0.25, 0.3) is 0 Å². The number of hydrogen-bond acceptors (Lipinski definition) is 5.